The minimum absolute atomic E-state index is 0.823. The summed E-state index contributed by atoms with van der Waals surface area (Å²) < 4.78 is 2.34. The first-order valence-electron chi connectivity index (χ1n) is 9.26. The number of rotatable bonds is 4. The fourth-order valence-electron chi connectivity index (χ4n) is 3.74. The van der Waals surface area contributed by atoms with Crippen LogP contribution in [0.3, 0.4) is 0 Å². The maximum atomic E-state index is 3.56. The van der Waals surface area contributed by atoms with Crippen molar-refractivity contribution in [2.24, 2.45) is 0 Å². The summed E-state index contributed by atoms with van der Waals surface area (Å²) in [6, 6.07) is 36.3. The lowest BCUT2D eigenvalue weighted by Gasteiger charge is -2.09. The summed E-state index contributed by atoms with van der Waals surface area (Å²) in [4.78, 5) is 0. The average molecular weight is 348 g/mol. The van der Waals surface area contributed by atoms with Crippen LogP contribution in [0.15, 0.2) is 103 Å². The van der Waals surface area contributed by atoms with E-state index in [1.807, 2.05) is 6.07 Å². The molecule has 27 heavy (non-hydrogen) atoms. The molecule has 1 aromatic heterocycles. The van der Waals surface area contributed by atoms with Crippen LogP contribution in [0.25, 0.3) is 27.5 Å². The molecule has 0 spiro atoms. The largest absolute Gasteiger partial charge is 0.381 e. The Morgan fingerprint density at radius 1 is 0.593 bits per heavy atom. The van der Waals surface area contributed by atoms with Crippen molar-refractivity contribution in [1.29, 1.82) is 0 Å². The fourth-order valence-corrected chi connectivity index (χ4v) is 3.74. The lowest BCUT2D eigenvalue weighted by Crippen LogP contribution is -1.99. The van der Waals surface area contributed by atoms with E-state index >= 15 is 0 Å². The van der Waals surface area contributed by atoms with Crippen LogP contribution in [0.4, 0.5) is 5.69 Å². The van der Waals surface area contributed by atoms with Gasteiger partial charge in [0.05, 0.1) is 11.0 Å². The predicted molar refractivity (Wildman–Crippen MR) is 115 cm³/mol. The molecule has 0 aliphatic carbocycles. The summed E-state index contributed by atoms with van der Waals surface area (Å²) in [7, 11) is 0. The van der Waals surface area contributed by atoms with Gasteiger partial charge in [0.15, 0.2) is 0 Å². The van der Waals surface area contributed by atoms with Crippen molar-refractivity contribution >= 4 is 27.5 Å². The SMILES string of the molecule is c1ccc(CNc2ccc3c(c2)c2ccccc2n3-c2ccccc2)cc1. The van der Waals surface area contributed by atoms with E-state index in [4.69, 9.17) is 0 Å². The minimum Gasteiger partial charge on any atom is -0.381 e. The molecular weight excluding hydrogens is 328 g/mol. The molecule has 0 unspecified atom stereocenters. The maximum absolute atomic E-state index is 3.56. The van der Waals surface area contributed by atoms with E-state index in [1.54, 1.807) is 0 Å². The van der Waals surface area contributed by atoms with Gasteiger partial charge >= 0.3 is 0 Å². The van der Waals surface area contributed by atoms with Crippen LogP contribution in [-0.2, 0) is 6.54 Å². The summed E-state index contributed by atoms with van der Waals surface area (Å²) in [6.45, 7) is 0.823. The van der Waals surface area contributed by atoms with Crippen LogP contribution >= 0.6 is 0 Å². The second-order valence-electron chi connectivity index (χ2n) is 6.76. The lowest BCUT2D eigenvalue weighted by atomic mass is 10.1. The van der Waals surface area contributed by atoms with Gasteiger partial charge in [-0.15, -0.1) is 0 Å². The third kappa shape index (κ3) is 2.85. The van der Waals surface area contributed by atoms with Gasteiger partial charge in [0.1, 0.15) is 0 Å². The van der Waals surface area contributed by atoms with E-state index < -0.39 is 0 Å². The first kappa shape index (κ1) is 15.7. The van der Waals surface area contributed by atoms with Crippen molar-refractivity contribution in [2.75, 3.05) is 5.32 Å². The molecule has 1 N–H and O–H groups in total. The molecule has 130 valence electrons. The van der Waals surface area contributed by atoms with E-state index in [1.165, 1.54) is 33.1 Å². The van der Waals surface area contributed by atoms with Crippen LogP contribution in [-0.4, -0.2) is 4.57 Å². The van der Waals surface area contributed by atoms with Gasteiger partial charge in [-0.2, -0.15) is 0 Å². The summed E-state index contributed by atoms with van der Waals surface area (Å²) in [5.41, 5.74) is 6.08. The summed E-state index contributed by atoms with van der Waals surface area (Å²) in [5, 5.41) is 6.11. The number of nitrogens with one attached hydrogen (secondary N) is 1. The fraction of sp³-hybridized carbons (Fsp3) is 0.0400. The molecular formula is C25H20N2. The molecule has 0 saturated heterocycles. The Balaban J connectivity index is 1.62. The molecule has 0 fully saturated rings. The zero-order valence-corrected chi connectivity index (χ0v) is 15.0. The van der Waals surface area contributed by atoms with Crippen molar-refractivity contribution < 1.29 is 0 Å². The van der Waals surface area contributed by atoms with Gasteiger partial charge in [-0.05, 0) is 42.0 Å². The minimum atomic E-state index is 0.823. The molecule has 0 amide bonds. The molecule has 0 radical (unpaired) electrons. The highest BCUT2D eigenvalue weighted by atomic mass is 15.0. The van der Waals surface area contributed by atoms with Crippen molar-refractivity contribution in [3.05, 3.63) is 109 Å². The normalized spacial score (nSPS) is 11.1. The Morgan fingerprint density at radius 2 is 1.26 bits per heavy atom. The second kappa shape index (κ2) is 6.65. The quantitative estimate of drug-likeness (QED) is 0.398. The number of benzene rings is 4. The van der Waals surface area contributed by atoms with E-state index in [-0.39, 0.29) is 0 Å². The number of hydrogen-bond acceptors (Lipinski definition) is 1. The van der Waals surface area contributed by atoms with E-state index in [2.05, 4.69) is 107 Å². The van der Waals surface area contributed by atoms with Crippen LogP contribution in [0, 0.1) is 0 Å². The van der Waals surface area contributed by atoms with Gasteiger partial charge in [0.25, 0.3) is 0 Å². The molecule has 0 saturated carbocycles. The number of anilines is 1. The maximum Gasteiger partial charge on any atom is 0.0542 e. The van der Waals surface area contributed by atoms with Gasteiger partial charge in [0.2, 0.25) is 0 Å². The van der Waals surface area contributed by atoms with Gasteiger partial charge in [0, 0.05) is 28.7 Å². The summed E-state index contributed by atoms with van der Waals surface area (Å²) >= 11 is 0. The lowest BCUT2D eigenvalue weighted by molar-refractivity contribution is 1.15. The standard InChI is InChI=1S/C25H20N2/c1-3-9-19(10-4-1)18-26-20-15-16-25-23(17-20)22-13-7-8-14-24(22)27(25)21-11-5-2-6-12-21/h1-17,26H,18H2. The van der Waals surface area contributed by atoms with Crippen LogP contribution in [0.2, 0.25) is 0 Å². The molecule has 1 heterocycles. The zero-order chi connectivity index (χ0) is 18.1. The Bertz CT molecular complexity index is 1200. The topological polar surface area (TPSA) is 17.0 Å². The van der Waals surface area contributed by atoms with Gasteiger partial charge in [-0.3, -0.25) is 0 Å². The van der Waals surface area contributed by atoms with E-state index in [9.17, 15) is 0 Å². The molecule has 5 aromatic rings. The first-order chi connectivity index (χ1) is 13.4. The molecule has 2 nitrogen and oxygen atoms in total. The summed E-state index contributed by atoms with van der Waals surface area (Å²) in [6.07, 6.45) is 0. The zero-order valence-electron chi connectivity index (χ0n) is 15.0. The Hall–Kier alpha value is -3.52. The molecule has 2 heteroatoms. The van der Waals surface area contributed by atoms with Crippen LogP contribution < -0.4 is 5.32 Å². The Morgan fingerprint density at radius 3 is 2.07 bits per heavy atom. The van der Waals surface area contributed by atoms with Gasteiger partial charge in [-0.1, -0.05) is 66.7 Å². The number of hydrogen-bond donors (Lipinski definition) is 1. The monoisotopic (exact) mass is 348 g/mol. The highest BCUT2D eigenvalue weighted by Crippen LogP contribution is 2.33. The van der Waals surface area contributed by atoms with Gasteiger partial charge in [-0.25, -0.2) is 0 Å². The van der Waals surface area contributed by atoms with E-state index in [0.29, 0.717) is 0 Å². The average Bonchev–Trinajstić information content (AvgIpc) is 3.07. The molecule has 0 atom stereocenters. The highest BCUT2D eigenvalue weighted by molar-refractivity contribution is 6.10. The molecule has 5 rings (SSSR count). The van der Waals surface area contributed by atoms with Crippen molar-refractivity contribution in [3.63, 3.8) is 0 Å². The Kier molecular flexibility index (Phi) is 3.87. The van der Waals surface area contributed by atoms with E-state index in [0.717, 1.165) is 12.2 Å². The second-order valence-corrected chi connectivity index (χ2v) is 6.76. The number of aromatic nitrogens is 1. The van der Waals surface area contributed by atoms with Gasteiger partial charge < -0.3 is 9.88 Å². The van der Waals surface area contributed by atoms with Crippen molar-refractivity contribution in [2.45, 2.75) is 6.54 Å². The predicted octanol–water partition coefficient (Wildman–Crippen LogP) is 6.40. The van der Waals surface area contributed by atoms with Crippen LogP contribution in [0.5, 0.6) is 0 Å². The number of fused-ring (bicyclic) bond motifs is 3. The summed E-state index contributed by atoms with van der Waals surface area (Å²) in [5.74, 6) is 0. The molecule has 0 bridgehead atoms. The van der Waals surface area contributed by atoms with Crippen molar-refractivity contribution in [3.8, 4) is 5.69 Å². The third-order valence-corrected chi connectivity index (χ3v) is 5.03. The third-order valence-electron chi connectivity index (χ3n) is 5.03. The highest BCUT2D eigenvalue weighted by Gasteiger charge is 2.12. The molecule has 4 aromatic carbocycles. The van der Waals surface area contributed by atoms with Crippen molar-refractivity contribution in [1.82, 2.24) is 4.57 Å². The number of para-hydroxylation sites is 2. The molecule has 0 aliphatic heterocycles. The Labute approximate surface area is 158 Å². The smallest absolute Gasteiger partial charge is 0.0542 e. The first-order valence-corrected chi connectivity index (χ1v) is 9.26. The number of nitrogens with zero attached hydrogens (tertiary/aromatic N) is 1. The molecule has 0 aliphatic rings. The van der Waals surface area contributed by atoms with Crippen LogP contribution in [0.1, 0.15) is 5.56 Å².